The van der Waals surface area contributed by atoms with Gasteiger partial charge in [0.15, 0.2) is 0 Å². The lowest BCUT2D eigenvalue weighted by Gasteiger charge is -2.24. The molecule has 1 aliphatic carbocycles. The Kier molecular flexibility index (Phi) is 5.30. The highest BCUT2D eigenvalue weighted by atomic mass is 35.5. The lowest BCUT2D eigenvalue weighted by molar-refractivity contribution is -0.124. The third kappa shape index (κ3) is 3.11. The molecule has 20 heavy (non-hydrogen) atoms. The summed E-state index contributed by atoms with van der Waals surface area (Å²) in [4.78, 5) is 12.2. The quantitative estimate of drug-likeness (QED) is 0.881. The second-order valence-electron chi connectivity index (χ2n) is 5.41. The first-order valence-corrected chi connectivity index (χ1v) is 7.44. The molecule has 1 saturated heterocycles. The first-order chi connectivity index (χ1) is 9.25. The number of nitrogens with one attached hydrogen (secondary N) is 2. The summed E-state index contributed by atoms with van der Waals surface area (Å²) in [5.41, 5.74) is 2.39. The molecule has 1 fully saturated rings. The summed E-state index contributed by atoms with van der Waals surface area (Å²) in [6, 6.07) is 6.08. The summed E-state index contributed by atoms with van der Waals surface area (Å²) in [5, 5.41) is 7.29. The molecule has 0 bridgehead atoms. The van der Waals surface area contributed by atoms with Crippen LogP contribution in [0.5, 0.6) is 0 Å². The van der Waals surface area contributed by atoms with Crippen molar-refractivity contribution < 1.29 is 4.79 Å². The van der Waals surface area contributed by atoms with Crippen LogP contribution >= 0.6 is 24.0 Å². The number of hydrogen-bond acceptors (Lipinski definition) is 2. The fourth-order valence-corrected chi connectivity index (χ4v) is 3.38. The van der Waals surface area contributed by atoms with E-state index in [-0.39, 0.29) is 30.4 Å². The molecule has 1 amide bonds. The Balaban J connectivity index is 0.00000147. The minimum atomic E-state index is -0.0167. The van der Waals surface area contributed by atoms with Crippen molar-refractivity contribution in [2.75, 3.05) is 6.54 Å². The fraction of sp³-hybridized carbons (Fsp3) is 0.533. The van der Waals surface area contributed by atoms with E-state index in [0.717, 1.165) is 37.3 Å². The van der Waals surface area contributed by atoms with Crippen LogP contribution < -0.4 is 10.6 Å². The van der Waals surface area contributed by atoms with Gasteiger partial charge in [0.05, 0.1) is 12.1 Å². The van der Waals surface area contributed by atoms with Gasteiger partial charge in [-0.1, -0.05) is 30.2 Å². The van der Waals surface area contributed by atoms with Crippen molar-refractivity contribution in [1.82, 2.24) is 10.6 Å². The van der Waals surface area contributed by atoms with Crippen LogP contribution in [0.1, 0.15) is 42.9 Å². The summed E-state index contributed by atoms with van der Waals surface area (Å²) >= 11 is 6.20. The Labute approximate surface area is 130 Å². The van der Waals surface area contributed by atoms with Gasteiger partial charge >= 0.3 is 0 Å². The lowest BCUT2D eigenvalue weighted by Crippen LogP contribution is -2.47. The van der Waals surface area contributed by atoms with Gasteiger partial charge in [-0.05, 0) is 49.4 Å². The number of carbonyl (C=O) groups excluding carboxylic acids is 1. The van der Waals surface area contributed by atoms with Gasteiger partial charge in [0.25, 0.3) is 0 Å². The van der Waals surface area contributed by atoms with Gasteiger partial charge < -0.3 is 10.6 Å². The second kappa shape index (κ2) is 6.79. The van der Waals surface area contributed by atoms with Crippen LogP contribution in [-0.2, 0) is 11.2 Å². The van der Waals surface area contributed by atoms with E-state index in [9.17, 15) is 4.79 Å². The first kappa shape index (κ1) is 15.6. The fourth-order valence-electron chi connectivity index (χ4n) is 3.11. The maximum atomic E-state index is 12.2. The molecule has 2 N–H and O–H groups in total. The molecule has 0 radical (unpaired) electrons. The molecule has 0 saturated carbocycles. The number of benzene rings is 1. The number of fused-ring (bicyclic) bond motifs is 1. The number of amides is 1. The molecule has 3 rings (SSSR count). The van der Waals surface area contributed by atoms with Gasteiger partial charge in [-0.3, -0.25) is 4.79 Å². The van der Waals surface area contributed by atoms with Crippen LogP contribution in [0.4, 0.5) is 0 Å². The molecule has 5 heteroatoms. The summed E-state index contributed by atoms with van der Waals surface area (Å²) in [5.74, 6) is 0.137. The highest BCUT2D eigenvalue weighted by Gasteiger charge is 2.28. The predicted molar refractivity (Wildman–Crippen MR) is 83.5 cm³/mol. The Hall–Kier alpha value is -0.770. The SMILES string of the molecule is Cl.O=C(NC1CCc2c(Cl)cccc21)C1CCCCN1. The number of carbonyl (C=O) groups is 1. The van der Waals surface area contributed by atoms with E-state index in [4.69, 9.17) is 11.6 Å². The number of rotatable bonds is 2. The maximum absolute atomic E-state index is 12.2. The van der Waals surface area contributed by atoms with Gasteiger partial charge in [-0.25, -0.2) is 0 Å². The topological polar surface area (TPSA) is 41.1 Å². The smallest absolute Gasteiger partial charge is 0.237 e. The van der Waals surface area contributed by atoms with E-state index in [1.54, 1.807) is 0 Å². The molecule has 0 spiro atoms. The average molecular weight is 315 g/mol. The third-order valence-corrected chi connectivity index (χ3v) is 4.51. The summed E-state index contributed by atoms with van der Waals surface area (Å²) in [6.07, 6.45) is 5.17. The normalized spacial score (nSPS) is 24.6. The highest BCUT2D eigenvalue weighted by molar-refractivity contribution is 6.31. The van der Waals surface area contributed by atoms with Crippen molar-refractivity contribution >= 4 is 29.9 Å². The van der Waals surface area contributed by atoms with Gasteiger partial charge in [-0.2, -0.15) is 0 Å². The molecule has 1 aromatic rings. The van der Waals surface area contributed by atoms with Crippen molar-refractivity contribution in [3.05, 3.63) is 34.3 Å². The minimum Gasteiger partial charge on any atom is -0.348 e. The molecule has 1 aromatic carbocycles. The highest BCUT2D eigenvalue weighted by Crippen LogP contribution is 2.35. The zero-order chi connectivity index (χ0) is 13.2. The Morgan fingerprint density at radius 3 is 2.90 bits per heavy atom. The molecule has 2 atom stereocenters. The van der Waals surface area contributed by atoms with Crippen LogP contribution in [0.25, 0.3) is 0 Å². The van der Waals surface area contributed by atoms with Crippen molar-refractivity contribution in [3.8, 4) is 0 Å². The average Bonchev–Trinajstić information content (AvgIpc) is 2.84. The van der Waals surface area contributed by atoms with Crippen molar-refractivity contribution in [2.24, 2.45) is 0 Å². The second-order valence-corrected chi connectivity index (χ2v) is 5.82. The molecule has 2 unspecified atom stereocenters. The zero-order valence-corrected chi connectivity index (χ0v) is 12.9. The predicted octanol–water partition coefficient (Wildman–Crippen LogP) is 3.01. The van der Waals surface area contributed by atoms with E-state index >= 15 is 0 Å². The van der Waals surface area contributed by atoms with Crippen LogP contribution in [0.3, 0.4) is 0 Å². The van der Waals surface area contributed by atoms with Gasteiger partial charge in [0.2, 0.25) is 5.91 Å². The van der Waals surface area contributed by atoms with E-state index in [1.807, 2.05) is 12.1 Å². The van der Waals surface area contributed by atoms with Gasteiger partial charge in [0.1, 0.15) is 0 Å². The van der Waals surface area contributed by atoms with Crippen molar-refractivity contribution in [1.29, 1.82) is 0 Å². The molecule has 110 valence electrons. The number of piperidine rings is 1. The van der Waals surface area contributed by atoms with Crippen LogP contribution in [0.2, 0.25) is 5.02 Å². The monoisotopic (exact) mass is 314 g/mol. The van der Waals surface area contributed by atoms with E-state index in [0.29, 0.717) is 0 Å². The van der Waals surface area contributed by atoms with Crippen molar-refractivity contribution in [3.63, 3.8) is 0 Å². The van der Waals surface area contributed by atoms with Crippen LogP contribution in [-0.4, -0.2) is 18.5 Å². The molecule has 3 nitrogen and oxygen atoms in total. The van der Waals surface area contributed by atoms with E-state index < -0.39 is 0 Å². The molecule has 1 heterocycles. The Bertz CT molecular complexity index is 487. The maximum Gasteiger partial charge on any atom is 0.237 e. The molecule has 1 aliphatic heterocycles. The lowest BCUT2D eigenvalue weighted by atomic mass is 10.0. The van der Waals surface area contributed by atoms with Crippen LogP contribution in [0, 0.1) is 0 Å². The zero-order valence-electron chi connectivity index (χ0n) is 11.3. The first-order valence-electron chi connectivity index (χ1n) is 7.07. The summed E-state index contributed by atoms with van der Waals surface area (Å²) in [7, 11) is 0. The largest absolute Gasteiger partial charge is 0.348 e. The van der Waals surface area contributed by atoms with Crippen LogP contribution in [0.15, 0.2) is 18.2 Å². The van der Waals surface area contributed by atoms with E-state index in [1.165, 1.54) is 17.5 Å². The summed E-state index contributed by atoms with van der Waals surface area (Å²) < 4.78 is 0. The Morgan fingerprint density at radius 2 is 2.15 bits per heavy atom. The number of halogens is 2. The molecule has 2 aliphatic rings. The van der Waals surface area contributed by atoms with Crippen molar-refractivity contribution in [2.45, 2.75) is 44.2 Å². The minimum absolute atomic E-state index is 0. The number of hydrogen-bond donors (Lipinski definition) is 2. The summed E-state index contributed by atoms with van der Waals surface area (Å²) in [6.45, 7) is 0.950. The Morgan fingerprint density at radius 1 is 1.30 bits per heavy atom. The molecular weight excluding hydrogens is 295 g/mol. The third-order valence-electron chi connectivity index (χ3n) is 4.16. The standard InChI is InChI=1S/C15H19ClN2O.ClH/c16-12-5-3-4-11-10(12)7-8-13(11)18-15(19)14-6-1-2-9-17-14;/h3-5,13-14,17H,1-2,6-9H2,(H,18,19);1H. The molecular formula is C15H20Cl2N2O. The molecule has 0 aromatic heterocycles. The van der Waals surface area contributed by atoms with E-state index in [2.05, 4.69) is 16.7 Å². The van der Waals surface area contributed by atoms with Gasteiger partial charge in [0, 0.05) is 5.02 Å². The van der Waals surface area contributed by atoms with Gasteiger partial charge in [-0.15, -0.1) is 12.4 Å².